The number of ketones is 1. The van der Waals surface area contributed by atoms with Gasteiger partial charge in [0, 0.05) is 12.0 Å². The highest BCUT2D eigenvalue weighted by atomic mass is 16.2. The molecule has 0 aromatic heterocycles. The number of Topliss-reactive ketones (excluding diaryl/α,β-unsaturated/α-hetero) is 1. The van der Waals surface area contributed by atoms with Crippen molar-refractivity contribution in [1.82, 2.24) is 0 Å². The van der Waals surface area contributed by atoms with E-state index in [0.29, 0.717) is 6.42 Å². The summed E-state index contributed by atoms with van der Waals surface area (Å²) in [5.41, 5.74) is -0.247. The molecule has 60 valence electrons. The van der Waals surface area contributed by atoms with E-state index in [1.807, 2.05) is 13.8 Å². The first kappa shape index (κ1) is 9.63. The summed E-state index contributed by atoms with van der Waals surface area (Å²) in [7, 11) is 0. The Morgan fingerprint density at radius 3 is 2.30 bits per heavy atom. The zero-order valence-corrected chi connectivity index (χ0v) is 6.98. The minimum Gasteiger partial charge on any atom is -0.396 e. The van der Waals surface area contributed by atoms with Crippen LogP contribution in [0.3, 0.4) is 0 Å². The van der Waals surface area contributed by atoms with E-state index < -0.39 is 0 Å². The highest BCUT2D eigenvalue weighted by Crippen LogP contribution is 2.22. The SMILES string of the molecule is CC(=O)C(C)(C)CCCO. The lowest BCUT2D eigenvalue weighted by atomic mass is 9.84. The van der Waals surface area contributed by atoms with Crippen LogP contribution in [0.1, 0.15) is 33.6 Å². The van der Waals surface area contributed by atoms with Crippen LogP contribution in [0.4, 0.5) is 0 Å². The maximum Gasteiger partial charge on any atom is 0.135 e. The molecule has 0 saturated carbocycles. The van der Waals surface area contributed by atoms with Crippen LogP contribution in [0, 0.1) is 5.41 Å². The molecule has 0 aliphatic rings. The summed E-state index contributed by atoms with van der Waals surface area (Å²) in [6, 6.07) is 0. The first-order valence-electron chi connectivity index (χ1n) is 3.62. The molecule has 0 spiro atoms. The third-order valence-corrected chi connectivity index (χ3v) is 1.91. The Morgan fingerprint density at radius 1 is 1.50 bits per heavy atom. The fourth-order valence-corrected chi connectivity index (χ4v) is 0.697. The molecule has 2 heteroatoms. The zero-order chi connectivity index (χ0) is 8.20. The van der Waals surface area contributed by atoms with Gasteiger partial charge in [0.15, 0.2) is 0 Å². The number of aliphatic hydroxyl groups excluding tert-OH is 1. The summed E-state index contributed by atoms with van der Waals surface area (Å²) >= 11 is 0. The Bertz CT molecular complexity index is 116. The summed E-state index contributed by atoms with van der Waals surface area (Å²) in [6.45, 7) is 5.59. The van der Waals surface area contributed by atoms with Crippen molar-refractivity contribution < 1.29 is 9.90 Å². The van der Waals surface area contributed by atoms with E-state index in [1.54, 1.807) is 6.92 Å². The molecule has 0 aliphatic heterocycles. The number of hydrogen-bond donors (Lipinski definition) is 1. The zero-order valence-electron chi connectivity index (χ0n) is 6.98. The van der Waals surface area contributed by atoms with Gasteiger partial charge in [0.1, 0.15) is 5.78 Å². The number of carbonyl (C=O) groups excluding carboxylic acids is 1. The van der Waals surface area contributed by atoms with Crippen LogP contribution in [0.25, 0.3) is 0 Å². The number of aliphatic hydroxyl groups is 1. The molecule has 0 fully saturated rings. The van der Waals surface area contributed by atoms with Crippen LogP contribution in [-0.4, -0.2) is 17.5 Å². The lowest BCUT2D eigenvalue weighted by molar-refractivity contribution is -0.125. The van der Waals surface area contributed by atoms with E-state index in [4.69, 9.17) is 5.11 Å². The Morgan fingerprint density at radius 2 is 2.00 bits per heavy atom. The second-order valence-electron chi connectivity index (χ2n) is 3.27. The number of hydrogen-bond acceptors (Lipinski definition) is 2. The molecule has 0 heterocycles. The summed E-state index contributed by atoms with van der Waals surface area (Å²) in [6.07, 6.45) is 1.49. The maximum atomic E-state index is 10.9. The van der Waals surface area contributed by atoms with E-state index >= 15 is 0 Å². The predicted molar refractivity (Wildman–Crippen MR) is 40.8 cm³/mol. The van der Waals surface area contributed by atoms with Gasteiger partial charge in [0.25, 0.3) is 0 Å². The minimum absolute atomic E-state index is 0.177. The smallest absolute Gasteiger partial charge is 0.135 e. The van der Waals surface area contributed by atoms with E-state index in [1.165, 1.54) is 0 Å². The van der Waals surface area contributed by atoms with Gasteiger partial charge in [-0.05, 0) is 19.8 Å². The Labute approximate surface area is 62.2 Å². The minimum atomic E-state index is -0.247. The monoisotopic (exact) mass is 144 g/mol. The lowest BCUT2D eigenvalue weighted by Gasteiger charge is -2.19. The van der Waals surface area contributed by atoms with Crippen LogP contribution >= 0.6 is 0 Å². The Hall–Kier alpha value is -0.370. The number of rotatable bonds is 4. The van der Waals surface area contributed by atoms with E-state index in [0.717, 1.165) is 6.42 Å². The quantitative estimate of drug-likeness (QED) is 0.647. The predicted octanol–water partition coefficient (Wildman–Crippen LogP) is 1.37. The molecule has 0 bridgehead atoms. The summed E-state index contributed by atoms with van der Waals surface area (Å²) < 4.78 is 0. The van der Waals surface area contributed by atoms with E-state index in [9.17, 15) is 4.79 Å². The first-order valence-corrected chi connectivity index (χ1v) is 3.62. The van der Waals surface area contributed by atoms with Crippen molar-refractivity contribution in [3.63, 3.8) is 0 Å². The van der Waals surface area contributed by atoms with Crippen molar-refractivity contribution in [3.05, 3.63) is 0 Å². The van der Waals surface area contributed by atoms with Crippen LogP contribution in [0.2, 0.25) is 0 Å². The van der Waals surface area contributed by atoms with Crippen molar-refractivity contribution in [1.29, 1.82) is 0 Å². The molecule has 0 amide bonds. The second-order valence-corrected chi connectivity index (χ2v) is 3.27. The Kier molecular flexibility index (Phi) is 3.58. The largest absolute Gasteiger partial charge is 0.396 e. The average molecular weight is 144 g/mol. The van der Waals surface area contributed by atoms with Gasteiger partial charge in [-0.2, -0.15) is 0 Å². The van der Waals surface area contributed by atoms with Gasteiger partial charge in [0.2, 0.25) is 0 Å². The van der Waals surface area contributed by atoms with Crippen molar-refractivity contribution in [3.8, 4) is 0 Å². The number of carbonyl (C=O) groups is 1. The molecule has 10 heavy (non-hydrogen) atoms. The highest BCUT2D eigenvalue weighted by Gasteiger charge is 2.22. The molecule has 0 atom stereocenters. The fraction of sp³-hybridized carbons (Fsp3) is 0.875. The molecular formula is C8H16O2. The third-order valence-electron chi connectivity index (χ3n) is 1.91. The van der Waals surface area contributed by atoms with Gasteiger partial charge in [-0.25, -0.2) is 0 Å². The van der Waals surface area contributed by atoms with Crippen LogP contribution in [0.15, 0.2) is 0 Å². The second kappa shape index (κ2) is 3.71. The van der Waals surface area contributed by atoms with Gasteiger partial charge in [0.05, 0.1) is 0 Å². The fourth-order valence-electron chi connectivity index (χ4n) is 0.697. The van der Waals surface area contributed by atoms with E-state index in [-0.39, 0.29) is 17.8 Å². The molecule has 0 aliphatic carbocycles. The molecule has 0 saturated heterocycles. The van der Waals surface area contributed by atoms with E-state index in [2.05, 4.69) is 0 Å². The molecule has 1 N–H and O–H groups in total. The molecule has 0 rings (SSSR count). The molecule has 0 radical (unpaired) electrons. The normalized spacial score (nSPS) is 11.6. The third kappa shape index (κ3) is 2.97. The molecule has 0 unspecified atom stereocenters. The summed E-state index contributed by atoms with van der Waals surface area (Å²) in [4.78, 5) is 10.9. The lowest BCUT2D eigenvalue weighted by Crippen LogP contribution is -2.21. The summed E-state index contributed by atoms with van der Waals surface area (Å²) in [5.74, 6) is 0.195. The van der Waals surface area contributed by atoms with Crippen LogP contribution < -0.4 is 0 Å². The standard InChI is InChI=1S/C8H16O2/c1-7(10)8(2,3)5-4-6-9/h9H,4-6H2,1-3H3. The molecule has 0 aromatic rings. The van der Waals surface area contributed by atoms with Crippen molar-refractivity contribution in [2.24, 2.45) is 5.41 Å². The van der Waals surface area contributed by atoms with Crippen molar-refractivity contribution in [2.75, 3.05) is 6.61 Å². The van der Waals surface area contributed by atoms with Gasteiger partial charge < -0.3 is 5.11 Å². The van der Waals surface area contributed by atoms with Gasteiger partial charge in [-0.1, -0.05) is 13.8 Å². The van der Waals surface area contributed by atoms with Gasteiger partial charge in [-0.15, -0.1) is 0 Å². The Balaban J connectivity index is 3.75. The average Bonchev–Trinajstić information content (AvgIpc) is 1.84. The molecular weight excluding hydrogens is 128 g/mol. The van der Waals surface area contributed by atoms with Crippen molar-refractivity contribution in [2.45, 2.75) is 33.6 Å². The first-order chi connectivity index (χ1) is 4.50. The van der Waals surface area contributed by atoms with Crippen LogP contribution in [-0.2, 0) is 4.79 Å². The van der Waals surface area contributed by atoms with Gasteiger partial charge in [-0.3, -0.25) is 4.79 Å². The molecule has 2 nitrogen and oxygen atoms in total. The topological polar surface area (TPSA) is 37.3 Å². The van der Waals surface area contributed by atoms with Crippen LogP contribution in [0.5, 0.6) is 0 Å². The maximum absolute atomic E-state index is 10.9. The highest BCUT2D eigenvalue weighted by molar-refractivity contribution is 5.81. The summed E-state index contributed by atoms with van der Waals surface area (Å²) in [5, 5.41) is 8.50. The molecule has 0 aromatic carbocycles. The van der Waals surface area contributed by atoms with Crippen molar-refractivity contribution >= 4 is 5.78 Å². The van der Waals surface area contributed by atoms with Gasteiger partial charge >= 0.3 is 0 Å².